The second-order valence-electron chi connectivity index (χ2n) is 11.1. The first kappa shape index (κ1) is 26.3. The monoisotopic (exact) mass is 561 g/mol. The molecule has 8 nitrogen and oxygen atoms in total. The van der Waals surface area contributed by atoms with E-state index >= 15 is 0 Å². The maximum absolute atomic E-state index is 13.3. The van der Waals surface area contributed by atoms with E-state index in [1.165, 1.54) is 16.8 Å². The van der Waals surface area contributed by atoms with Crippen LogP contribution in [0.25, 0.3) is 0 Å². The molecular weight excluding hydrogens is 526 g/mol. The molecule has 1 aromatic heterocycles. The molecule has 1 amide bonds. The molecule has 7 rings (SSSR count). The number of amides is 1. The quantitative estimate of drug-likeness (QED) is 0.256. The molecule has 0 spiro atoms. The van der Waals surface area contributed by atoms with Gasteiger partial charge in [-0.25, -0.2) is 0 Å². The summed E-state index contributed by atoms with van der Waals surface area (Å²) in [6, 6.07) is 22.7. The van der Waals surface area contributed by atoms with Gasteiger partial charge < -0.3 is 30.3 Å². The van der Waals surface area contributed by atoms with Crippen molar-refractivity contribution in [1.82, 2.24) is 4.98 Å². The lowest BCUT2D eigenvalue weighted by atomic mass is 9.74. The minimum atomic E-state index is -0.173. The predicted molar refractivity (Wildman–Crippen MR) is 167 cm³/mol. The van der Waals surface area contributed by atoms with Gasteiger partial charge in [0.05, 0.1) is 54.3 Å². The predicted octanol–water partition coefficient (Wildman–Crippen LogP) is 5.97. The first-order valence-corrected chi connectivity index (χ1v) is 14.7. The van der Waals surface area contributed by atoms with Crippen LogP contribution < -0.4 is 25.6 Å². The van der Waals surface area contributed by atoms with Crippen LogP contribution in [0.4, 0.5) is 28.4 Å². The van der Waals surface area contributed by atoms with Crippen LogP contribution in [0, 0.1) is 0 Å². The lowest BCUT2D eigenvalue weighted by Gasteiger charge is -2.29. The lowest BCUT2D eigenvalue weighted by molar-refractivity contribution is 0.102. The molecule has 3 aliphatic rings. The van der Waals surface area contributed by atoms with Gasteiger partial charge in [0.25, 0.3) is 5.91 Å². The average Bonchev–Trinajstić information content (AvgIpc) is 3.36. The highest BCUT2D eigenvalue weighted by molar-refractivity contribution is 6.12. The van der Waals surface area contributed by atoms with E-state index in [1.807, 2.05) is 42.7 Å². The van der Waals surface area contributed by atoms with Gasteiger partial charge >= 0.3 is 0 Å². The number of aromatic nitrogens is 1. The second-order valence-corrected chi connectivity index (χ2v) is 11.1. The van der Waals surface area contributed by atoms with Crippen molar-refractivity contribution < 1.29 is 14.3 Å². The van der Waals surface area contributed by atoms with Crippen molar-refractivity contribution in [2.75, 3.05) is 60.3 Å². The highest BCUT2D eigenvalue weighted by Crippen LogP contribution is 2.45. The number of carbonyl (C=O) groups is 1. The number of hydrogen-bond donors (Lipinski definition) is 3. The van der Waals surface area contributed by atoms with Crippen molar-refractivity contribution in [3.05, 3.63) is 101 Å². The number of nitrogens with zero attached hydrogens (tertiary/aromatic N) is 2. The zero-order valence-corrected chi connectivity index (χ0v) is 23.8. The minimum Gasteiger partial charge on any atom is -0.493 e. The van der Waals surface area contributed by atoms with Crippen molar-refractivity contribution >= 4 is 34.3 Å². The summed E-state index contributed by atoms with van der Waals surface area (Å²) >= 11 is 0. The third-order valence-electron chi connectivity index (χ3n) is 8.81. The molecule has 4 aromatic rings. The van der Waals surface area contributed by atoms with E-state index in [0.717, 1.165) is 79.8 Å². The molecule has 3 N–H and O–H groups in total. The Hall–Kier alpha value is -4.56. The molecule has 1 atom stereocenters. The molecule has 4 heterocycles. The normalized spacial score (nSPS) is 19.0. The summed E-state index contributed by atoms with van der Waals surface area (Å²) in [6.07, 6.45) is 5.41. The third kappa shape index (κ3) is 4.81. The fraction of sp³-hybridized carbons (Fsp3) is 0.294. The van der Waals surface area contributed by atoms with Gasteiger partial charge in [0.1, 0.15) is 5.75 Å². The Balaban J connectivity index is 1.05. The van der Waals surface area contributed by atoms with Crippen LogP contribution in [-0.2, 0) is 16.6 Å². The van der Waals surface area contributed by atoms with E-state index in [-0.39, 0.29) is 11.3 Å². The van der Waals surface area contributed by atoms with Crippen molar-refractivity contribution in [1.29, 1.82) is 0 Å². The molecular formula is C34H35N5O3. The largest absolute Gasteiger partial charge is 0.493 e. The van der Waals surface area contributed by atoms with Gasteiger partial charge in [-0.1, -0.05) is 19.1 Å². The van der Waals surface area contributed by atoms with Gasteiger partial charge in [-0.15, -0.1) is 0 Å². The van der Waals surface area contributed by atoms with E-state index in [1.54, 1.807) is 0 Å². The summed E-state index contributed by atoms with van der Waals surface area (Å²) in [5.41, 5.74) is 8.72. The fourth-order valence-corrected chi connectivity index (χ4v) is 6.37. The first-order chi connectivity index (χ1) is 20.6. The summed E-state index contributed by atoms with van der Waals surface area (Å²) in [5.74, 6) is 0.737. The summed E-state index contributed by atoms with van der Waals surface area (Å²) in [6.45, 7) is 6.93. The zero-order chi connectivity index (χ0) is 28.5. The summed E-state index contributed by atoms with van der Waals surface area (Å²) in [7, 11) is 0. The van der Waals surface area contributed by atoms with Crippen molar-refractivity contribution in [3.63, 3.8) is 0 Å². The number of morpholine rings is 1. The number of nitrogens with one attached hydrogen (secondary N) is 3. The topological polar surface area (TPSA) is 87.8 Å². The number of hydrogen-bond acceptors (Lipinski definition) is 7. The van der Waals surface area contributed by atoms with Crippen LogP contribution >= 0.6 is 0 Å². The maximum Gasteiger partial charge on any atom is 0.257 e. The van der Waals surface area contributed by atoms with Gasteiger partial charge in [-0.05, 0) is 77.7 Å². The zero-order valence-electron chi connectivity index (χ0n) is 23.8. The smallest absolute Gasteiger partial charge is 0.257 e. The van der Waals surface area contributed by atoms with E-state index in [4.69, 9.17) is 9.47 Å². The number of carbonyl (C=O) groups excluding carboxylic acids is 1. The molecule has 1 saturated heterocycles. The number of fused-ring (bicyclic) bond motifs is 3. The van der Waals surface area contributed by atoms with E-state index in [2.05, 4.69) is 69.2 Å². The van der Waals surface area contributed by atoms with Gasteiger partial charge in [0.2, 0.25) is 0 Å². The molecule has 3 aromatic carbocycles. The number of ether oxygens (including phenoxy) is 2. The van der Waals surface area contributed by atoms with Gasteiger partial charge in [0.15, 0.2) is 0 Å². The Labute approximate surface area is 246 Å². The van der Waals surface area contributed by atoms with Crippen molar-refractivity contribution in [3.8, 4) is 5.75 Å². The van der Waals surface area contributed by atoms with Crippen LogP contribution in [0.3, 0.4) is 0 Å². The molecule has 3 aliphatic heterocycles. The number of benzene rings is 3. The summed E-state index contributed by atoms with van der Waals surface area (Å²) in [4.78, 5) is 19.9. The van der Waals surface area contributed by atoms with Crippen molar-refractivity contribution in [2.45, 2.75) is 25.2 Å². The third-order valence-corrected chi connectivity index (χ3v) is 8.81. The Morgan fingerprint density at radius 1 is 0.929 bits per heavy atom. The summed E-state index contributed by atoms with van der Waals surface area (Å²) < 4.78 is 11.5. The molecule has 8 heteroatoms. The van der Waals surface area contributed by atoms with Gasteiger partial charge in [0, 0.05) is 43.4 Å². The second kappa shape index (κ2) is 11.0. The Morgan fingerprint density at radius 2 is 1.79 bits per heavy atom. The highest BCUT2D eigenvalue weighted by atomic mass is 16.5. The molecule has 0 saturated carbocycles. The molecule has 214 valence electrons. The standard InChI is InChI=1S/C34H35N5O3/c1-2-34(22-36-32-21-35-13-11-28(32)34)24-4-9-27-30(20-24)37-29-10-3-23(19-31(29)38-33(27)40)12-16-42-26-7-5-25(6-8-26)39-14-17-41-18-15-39/h3-11,13,19-21,36-37H,2,12,14-18,22H2,1H3,(H,38,40). The van der Waals surface area contributed by atoms with Gasteiger partial charge in [-0.2, -0.15) is 0 Å². The maximum atomic E-state index is 13.3. The minimum absolute atomic E-state index is 0.115. The average molecular weight is 562 g/mol. The first-order valence-electron chi connectivity index (χ1n) is 14.7. The molecule has 0 aliphatic carbocycles. The molecule has 1 unspecified atom stereocenters. The Kier molecular flexibility index (Phi) is 6.91. The SMILES string of the molecule is CCC1(c2ccc3c(c2)Nc2ccc(CCOc4ccc(N5CCOCC5)cc4)cc2NC3=O)CNc2cnccc21. The molecule has 0 radical (unpaired) electrons. The van der Waals surface area contributed by atoms with E-state index < -0.39 is 0 Å². The summed E-state index contributed by atoms with van der Waals surface area (Å²) in [5, 5.41) is 10.2. The van der Waals surface area contributed by atoms with Crippen LogP contribution in [-0.4, -0.2) is 50.3 Å². The number of anilines is 5. The van der Waals surface area contributed by atoms with Gasteiger partial charge in [-0.3, -0.25) is 9.78 Å². The van der Waals surface area contributed by atoms with Crippen LogP contribution in [0.15, 0.2) is 79.1 Å². The fourth-order valence-electron chi connectivity index (χ4n) is 6.37. The van der Waals surface area contributed by atoms with Crippen LogP contribution in [0.5, 0.6) is 5.75 Å². The number of rotatable bonds is 7. The number of pyridine rings is 1. The molecule has 0 bridgehead atoms. The van der Waals surface area contributed by atoms with E-state index in [0.29, 0.717) is 12.2 Å². The van der Waals surface area contributed by atoms with Crippen LogP contribution in [0.2, 0.25) is 0 Å². The van der Waals surface area contributed by atoms with Crippen LogP contribution in [0.1, 0.15) is 40.4 Å². The Bertz CT molecular complexity index is 1620. The highest BCUT2D eigenvalue weighted by Gasteiger charge is 2.39. The molecule has 42 heavy (non-hydrogen) atoms. The lowest BCUT2D eigenvalue weighted by Crippen LogP contribution is -2.36. The van der Waals surface area contributed by atoms with Crippen molar-refractivity contribution in [2.24, 2.45) is 0 Å². The van der Waals surface area contributed by atoms with E-state index in [9.17, 15) is 4.79 Å². The molecule has 1 fully saturated rings. The Morgan fingerprint density at radius 3 is 2.62 bits per heavy atom.